The van der Waals surface area contributed by atoms with E-state index in [-0.39, 0.29) is 46.8 Å². The van der Waals surface area contributed by atoms with Crippen molar-refractivity contribution in [2.24, 2.45) is 56.7 Å². The lowest BCUT2D eigenvalue weighted by Gasteiger charge is -2.64. The number of morpholine rings is 1. The van der Waals surface area contributed by atoms with E-state index in [0.29, 0.717) is 73.0 Å². The number of aliphatic hydroxyl groups excluding tert-OH is 1. The zero-order chi connectivity index (χ0) is 30.9. The van der Waals surface area contributed by atoms with Crippen LogP contribution >= 0.6 is 0 Å². The van der Waals surface area contributed by atoms with Crippen LogP contribution in [0.3, 0.4) is 0 Å². The van der Waals surface area contributed by atoms with E-state index in [2.05, 4.69) is 40.7 Å². The summed E-state index contributed by atoms with van der Waals surface area (Å²) in [6.07, 6.45) is 11.9. The Kier molecular flexibility index (Phi) is 6.79. The maximum Gasteiger partial charge on any atom is 0.223 e. The zero-order valence-corrected chi connectivity index (χ0v) is 27.9. The van der Waals surface area contributed by atoms with Crippen molar-refractivity contribution in [3.63, 3.8) is 0 Å². The summed E-state index contributed by atoms with van der Waals surface area (Å²) in [7, 11) is 0. The molecule has 0 bridgehead atoms. The number of fused-ring (bicyclic) bond motifs is 4. The van der Waals surface area contributed by atoms with Gasteiger partial charge in [-0.25, -0.2) is 0 Å². The van der Waals surface area contributed by atoms with Crippen molar-refractivity contribution in [1.29, 1.82) is 5.26 Å². The zero-order valence-electron chi connectivity index (χ0n) is 27.9. The van der Waals surface area contributed by atoms with E-state index in [9.17, 15) is 15.2 Å². The number of nitrogens with zero attached hydrogens (tertiary/aromatic N) is 2. The van der Waals surface area contributed by atoms with Crippen LogP contribution in [0, 0.1) is 68.0 Å². The minimum Gasteiger partial charge on any atom is -0.390 e. The molecule has 2 saturated heterocycles. The Labute approximate surface area is 264 Å². The van der Waals surface area contributed by atoms with Gasteiger partial charge < -0.3 is 24.2 Å². The van der Waals surface area contributed by atoms with Gasteiger partial charge in [-0.2, -0.15) is 5.26 Å². The molecule has 244 valence electrons. The normalized spacial score (nSPS) is 53.8. The van der Waals surface area contributed by atoms with Crippen LogP contribution in [0.1, 0.15) is 112 Å². The standard InChI is InChI=1S/C37H56N2O5/c1-22-18-24(11-15-38)43-31-30(22)34(4)13-14-37-21-36(37)12-10-27(33(2,3)25(36)8-9-26(37)35(34,5)32(31)41)44-29-20-39(16-17-42-29)28(40)19-23-6-7-23/h22-27,29-32,41H,6-14,16-21H2,1-5H3/t22-,24?,25+,26?,27?,29+,30+,31?,32+,34-,35-,36-,37+/m1/s1. The molecule has 2 aliphatic heterocycles. The van der Waals surface area contributed by atoms with E-state index in [1.54, 1.807) is 0 Å². The fourth-order valence-corrected chi connectivity index (χ4v) is 13.7. The molecule has 0 aromatic rings. The van der Waals surface area contributed by atoms with Gasteiger partial charge in [0, 0.05) is 18.4 Å². The maximum atomic E-state index is 12.9. The predicted molar refractivity (Wildman–Crippen MR) is 165 cm³/mol. The highest BCUT2D eigenvalue weighted by Crippen LogP contribution is 2.89. The van der Waals surface area contributed by atoms with Gasteiger partial charge in [-0.1, -0.05) is 34.6 Å². The van der Waals surface area contributed by atoms with Gasteiger partial charge in [-0.3, -0.25) is 4.79 Å². The van der Waals surface area contributed by atoms with Crippen LogP contribution in [0.2, 0.25) is 0 Å². The van der Waals surface area contributed by atoms with Crippen molar-refractivity contribution in [3.8, 4) is 6.07 Å². The molecule has 7 nitrogen and oxygen atoms in total. The van der Waals surface area contributed by atoms with Gasteiger partial charge in [0.1, 0.15) is 0 Å². The van der Waals surface area contributed by atoms with E-state index >= 15 is 0 Å². The monoisotopic (exact) mass is 608 g/mol. The van der Waals surface area contributed by atoms with Crippen LogP contribution in [0.4, 0.5) is 0 Å². The summed E-state index contributed by atoms with van der Waals surface area (Å²) in [6, 6.07) is 2.33. The molecule has 7 heteroatoms. The fraction of sp³-hybridized carbons (Fsp3) is 0.946. The summed E-state index contributed by atoms with van der Waals surface area (Å²) in [5, 5.41) is 21.7. The van der Waals surface area contributed by atoms with Crippen LogP contribution in [-0.4, -0.2) is 66.3 Å². The van der Waals surface area contributed by atoms with Crippen molar-refractivity contribution in [1.82, 2.24) is 4.90 Å². The Balaban J connectivity index is 1.01. The predicted octanol–water partition coefficient (Wildman–Crippen LogP) is 6.08. The van der Waals surface area contributed by atoms with Crippen LogP contribution in [0.15, 0.2) is 0 Å². The average molecular weight is 609 g/mol. The number of hydrogen-bond donors (Lipinski definition) is 1. The van der Waals surface area contributed by atoms with Crippen molar-refractivity contribution in [2.45, 2.75) is 142 Å². The van der Waals surface area contributed by atoms with Gasteiger partial charge in [-0.15, -0.1) is 0 Å². The summed E-state index contributed by atoms with van der Waals surface area (Å²) in [6.45, 7) is 14.0. The number of carbonyl (C=O) groups is 1. The van der Waals surface area contributed by atoms with E-state index in [4.69, 9.17) is 14.2 Å². The number of aliphatic hydroxyl groups is 1. The first-order valence-electron chi connectivity index (χ1n) is 18.2. The average Bonchev–Trinajstić information content (AvgIpc) is 3.90. The number of amides is 1. The maximum absolute atomic E-state index is 12.9. The minimum absolute atomic E-state index is 0.0302. The summed E-state index contributed by atoms with van der Waals surface area (Å²) in [5.41, 5.74) is 0.560. The Morgan fingerprint density at radius 2 is 1.80 bits per heavy atom. The van der Waals surface area contributed by atoms with Gasteiger partial charge >= 0.3 is 0 Å². The molecule has 2 spiro atoms. The largest absolute Gasteiger partial charge is 0.390 e. The Morgan fingerprint density at radius 3 is 2.55 bits per heavy atom. The van der Waals surface area contributed by atoms with Gasteiger partial charge in [0.2, 0.25) is 5.91 Å². The molecule has 6 saturated carbocycles. The molecule has 6 aliphatic carbocycles. The molecule has 8 aliphatic rings. The molecule has 8 rings (SSSR count). The highest BCUT2D eigenvalue weighted by atomic mass is 16.7. The van der Waals surface area contributed by atoms with Gasteiger partial charge in [0.05, 0.1) is 50.1 Å². The van der Waals surface area contributed by atoms with E-state index in [0.717, 1.165) is 12.8 Å². The first kappa shape index (κ1) is 30.2. The Bertz CT molecular complexity index is 1230. The number of rotatable bonds is 5. The number of ether oxygens (including phenoxy) is 3. The smallest absolute Gasteiger partial charge is 0.223 e. The van der Waals surface area contributed by atoms with E-state index in [1.165, 1.54) is 51.4 Å². The minimum atomic E-state index is -0.473. The van der Waals surface area contributed by atoms with Crippen LogP contribution in [0.25, 0.3) is 0 Å². The summed E-state index contributed by atoms with van der Waals surface area (Å²) >= 11 is 0. The topological polar surface area (TPSA) is 92.0 Å². The van der Waals surface area contributed by atoms with Crippen molar-refractivity contribution in [3.05, 3.63) is 0 Å². The first-order chi connectivity index (χ1) is 20.9. The third kappa shape index (κ3) is 3.90. The third-order valence-electron chi connectivity index (χ3n) is 16.0. The second-order valence-corrected chi connectivity index (χ2v) is 17.9. The molecule has 0 aromatic carbocycles. The van der Waals surface area contributed by atoms with Crippen LogP contribution in [0.5, 0.6) is 0 Å². The van der Waals surface area contributed by atoms with E-state index < -0.39 is 6.10 Å². The summed E-state index contributed by atoms with van der Waals surface area (Å²) in [5.74, 6) is 2.80. The van der Waals surface area contributed by atoms with Gasteiger partial charge in [0.15, 0.2) is 6.29 Å². The molecule has 13 atom stereocenters. The van der Waals surface area contributed by atoms with E-state index in [1.807, 2.05) is 4.90 Å². The molecule has 44 heavy (non-hydrogen) atoms. The highest BCUT2D eigenvalue weighted by Gasteiger charge is 2.84. The summed E-state index contributed by atoms with van der Waals surface area (Å²) < 4.78 is 19.6. The molecule has 0 radical (unpaired) electrons. The van der Waals surface area contributed by atoms with Crippen molar-refractivity contribution < 1.29 is 24.1 Å². The fourth-order valence-electron chi connectivity index (χ4n) is 13.7. The quantitative estimate of drug-likeness (QED) is 0.407. The molecule has 0 aromatic heterocycles. The van der Waals surface area contributed by atoms with Crippen molar-refractivity contribution >= 4 is 5.91 Å². The molecule has 4 unspecified atom stereocenters. The molecule has 2 heterocycles. The second kappa shape index (κ2) is 9.91. The molecular weight excluding hydrogens is 552 g/mol. The molecule has 1 N–H and O–H groups in total. The van der Waals surface area contributed by atoms with Gasteiger partial charge in [-0.05, 0) is 115 Å². The lowest BCUT2D eigenvalue weighted by Crippen LogP contribution is -2.60. The number of carbonyl (C=O) groups excluding carboxylic acids is 1. The van der Waals surface area contributed by atoms with Crippen LogP contribution < -0.4 is 0 Å². The molecular formula is C37H56N2O5. The lowest BCUT2D eigenvalue weighted by atomic mass is 9.41. The van der Waals surface area contributed by atoms with Crippen molar-refractivity contribution in [2.75, 3.05) is 19.7 Å². The molecule has 1 amide bonds. The lowest BCUT2D eigenvalue weighted by molar-refractivity contribution is -0.248. The van der Waals surface area contributed by atoms with Gasteiger partial charge in [0.25, 0.3) is 0 Å². The number of hydrogen-bond acceptors (Lipinski definition) is 6. The number of nitriles is 1. The summed E-state index contributed by atoms with van der Waals surface area (Å²) in [4.78, 5) is 14.8. The third-order valence-corrected chi connectivity index (χ3v) is 16.0. The first-order valence-corrected chi connectivity index (χ1v) is 18.2. The highest BCUT2D eigenvalue weighted by molar-refractivity contribution is 5.76. The second-order valence-electron chi connectivity index (χ2n) is 17.9. The molecule has 8 fully saturated rings. The Morgan fingerprint density at radius 1 is 1.05 bits per heavy atom. The van der Waals surface area contributed by atoms with Crippen LogP contribution in [-0.2, 0) is 19.0 Å². The Hall–Kier alpha value is -1.20. The SMILES string of the molecule is C[C@@H]1CC(CC#N)OC2[C@H]1[C@@]1(C)CC[C@@]34C[C@@]35CCC(O[C@H]3CN(C(=O)CC6CC6)CCO3)C(C)(C)[C@@H]5CCC4[C@]1(C)[C@H]2O.